The van der Waals surface area contributed by atoms with Gasteiger partial charge in [-0.2, -0.15) is 0 Å². The molecule has 1 nitrogen and oxygen atoms in total. The van der Waals surface area contributed by atoms with Crippen molar-refractivity contribution >= 4 is 23.2 Å². The maximum absolute atomic E-state index is 6.30. The van der Waals surface area contributed by atoms with Gasteiger partial charge in [0, 0.05) is 16.1 Å². The van der Waals surface area contributed by atoms with Crippen molar-refractivity contribution in [2.75, 3.05) is 6.54 Å². The lowest BCUT2D eigenvalue weighted by Gasteiger charge is -2.27. The number of nitrogens with one attached hydrogen (secondary N) is 1. The van der Waals surface area contributed by atoms with E-state index in [1.807, 2.05) is 12.1 Å². The van der Waals surface area contributed by atoms with E-state index in [2.05, 4.69) is 18.3 Å². The fraction of sp³-hybridized carbons (Fsp3) is 0.647. The van der Waals surface area contributed by atoms with Crippen LogP contribution in [0.15, 0.2) is 18.2 Å². The minimum Gasteiger partial charge on any atom is -0.314 e. The molecule has 0 spiro atoms. The highest BCUT2D eigenvalue weighted by atomic mass is 35.5. The normalized spacial score (nSPS) is 18.1. The van der Waals surface area contributed by atoms with Crippen LogP contribution in [-0.2, 0) is 6.42 Å². The van der Waals surface area contributed by atoms with E-state index in [1.165, 1.54) is 44.1 Å². The first-order valence-electron chi connectivity index (χ1n) is 7.86. The van der Waals surface area contributed by atoms with Crippen LogP contribution in [0.3, 0.4) is 0 Å². The van der Waals surface area contributed by atoms with Gasteiger partial charge in [0.15, 0.2) is 0 Å². The lowest BCUT2D eigenvalue weighted by Crippen LogP contribution is -2.33. The van der Waals surface area contributed by atoms with E-state index >= 15 is 0 Å². The topological polar surface area (TPSA) is 12.0 Å². The molecule has 1 unspecified atom stereocenters. The molecule has 1 fully saturated rings. The minimum absolute atomic E-state index is 0.529. The highest BCUT2D eigenvalue weighted by molar-refractivity contribution is 6.35. The summed E-state index contributed by atoms with van der Waals surface area (Å²) in [6.45, 7) is 3.19. The third kappa shape index (κ3) is 4.95. The Morgan fingerprint density at radius 3 is 2.60 bits per heavy atom. The molecular formula is C17H25Cl2N. The third-order valence-corrected chi connectivity index (χ3v) is 4.90. The molecule has 0 aliphatic heterocycles. The van der Waals surface area contributed by atoms with Gasteiger partial charge in [-0.1, -0.05) is 68.3 Å². The summed E-state index contributed by atoms with van der Waals surface area (Å²) >= 11 is 12.3. The van der Waals surface area contributed by atoms with Gasteiger partial charge in [-0.25, -0.2) is 0 Å². The number of hydrogen-bond donors (Lipinski definition) is 1. The maximum atomic E-state index is 6.30. The average molecular weight is 314 g/mol. The SMILES string of the molecule is CCNC(Cc1ccc(Cl)cc1Cl)CC1CCCCC1. The first-order chi connectivity index (χ1) is 9.69. The number of likely N-dealkylation sites (N-methyl/N-ethyl adjacent to an activating group) is 1. The highest BCUT2D eigenvalue weighted by Gasteiger charge is 2.19. The van der Waals surface area contributed by atoms with Crippen molar-refractivity contribution < 1.29 is 0 Å². The van der Waals surface area contributed by atoms with E-state index in [0.29, 0.717) is 11.1 Å². The number of hydrogen-bond acceptors (Lipinski definition) is 1. The van der Waals surface area contributed by atoms with Crippen LogP contribution in [0.2, 0.25) is 10.0 Å². The molecule has 1 atom stereocenters. The van der Waals surface area contributed by atoms with Gasteiger partial charge in [-0.15, -0.1) is 0 Å². The smallest absolute Gasteiger partial charge is 0.0453 e. The van der Waals surface area contributed by atoms with E-state index in [4.69, 9.17) is 23.2 Å². The molecule has 1 saturated carbocycles. The van der Waals surface area contributed by atoms with E-state index < -0.39 is 0 Å². The third-order valence-electron chi connectivity index (χ3n) is 4.32. The predicted octanol–water partition coefficient (Wildman–Crippen LogP) is 5.48. The van der Waals surface area contributed by atoms with Gasteiger partial charge < -0.3 is 5.32 Å². The van der Waals surface area contributed by atoms with Crippen molar-refractivity contribution in [3.8, 4) is 0 Å². The quantitative estimate of drug-likeness (QED) is 0.732. The second kappa shape index (κ2) is 8.26. The minimum atomic E-state index is 0.529. The van der Waals surface area contributed by atoms with Crippen LogP contribution >= 0.6 is 23.2 Å². The van der Waals surface area contributed by atoms with E-state index in [-0.39, 0.29) is 0 Å². The first kappa shape index (κ1) is 16.1. The van der Waals surface area contributed by atoms with Crippen molar-refractivity contribution in [2.24, 2.45) is 5.92 Å². The molecule has 1 N–H and O–H groups in total. The van der Waals surface area contributed by atoms with Crippen LogP contribution in [0, 0.1) is 5.92 Å². The molecule has 1 aliphatic carbocycles. The molecule has 0 amide bonds. The summed E-state index contributed by atoms with van der Waals surface area (Å²) in [5.41, 5.74) is 1.21. The summed E-state index contributed by atoms with van der Waals surface area (Å²) in [6, 6.07) is 6.38. The van der Waals surface area contributed by atoms with E-state index in [0.717, 1.165) is 23.9 Å². The zero-order valence-corrected chi connectivity index (χ0v) is 13.8. The fourth-order valence-electron chi connectivity index (χ4n) is 3.31. The number of benzene rings is 1. The van der Waals surface area contributed by atoms with Crippen LogP contribution in [0.4, 0.5) is 0 Å². The molecule has 1 aromatic rings. The molecule has 20 heavy (non-hydrogen) atoms. The molecular weight excluding hydrogens is 289 g/mol. The van der Waals surface area contributed by atoms with Crippen molar-refractivity contribution in [1.29, 1.82) is 0 Å². The summed E-state index contributed by atoms with van der Waals surface area (Å²) in [5, 5.41) is 5.14. The number of rotatable bonds is 6. The molecule has 3 heteroatoms. The second-order valence-electron chi connectivity index (χ2n) is 5.93. The van der Waals surface area contributed by atoms with E-state index in [1.54, 1.807) is 0 Å². The Hall–Kier alpha value is -0.240. The molecule has 0 radical (unpaired) electrons. The van der Waals surface area contributed by atoms with Gasteiger partial charge in [0.25, 0.3) is 0 Å². The molecule has 0 bridgehead atoms. The summed E-state index contributed by atoms with van der Waals surface area (Å²) < 4.78 is 0. The van der Waals surface area contributed by atoms with Crippen molar-refractivity contribution in [3.63, 3.8) is 0 Å². The fourth-order valence-corrected chi connectivity index (χ4v) is 3.79. The molecule has 0 saturated heterocycles. The Bertz CT molecular complexity index is 413. The van der Waals surface area contributed by atoms with Gasteiger partial charge in [0.2, 0.25) is 0 Å². The summed E-state index contributed by atoms with van der Waals surface area (Å²) in [5.74, 6) is 0.888. The highest BCUT2D eigenvalue weighted by Crippen LogP contribution is 2.29. The standard InChI is InChI=1S/C17H25Cl2N/c1-2-20-16(10-13-6-4-3-5-7-13)11-14-8-9-15(18)12-17(14)19/h8-9,12-13,16,20H,2-7,10-11H2,1H3. The summed E-state index contributed by atoms with van der Waals surface area (Å²) in [4.78, 5) is 0. The van der Waals surface area contributed by atoms with Gasteiger partial charge in [-0.3, -0.25) is 0 Å². The lowest BCUT2D eigenvalue weighted by molar-refractivity contribution is 0.298. The van der Waals surface area contributed by atoms with Crippen LogP contribution in [-0.4, -0.2) is 12.6 Å². The van der Waals surface area contributed by atoms with E-state index in [9.17, 15) is 0 Å². The Morgan fingerprint density at radius 2 is 1.95 bits per heavy atom. The van der Waals surface area contributed by atoms with Crippen LogP contribution in [0.1, 0.15) is 51.0 Å². The van der Waals surface area contributed by atoms with Gasteiger partial charge in [0.1, 0.15) is 0 Å². The molecule has 1 aromatic carbocycles. The van der Waals surface area contributed by atoms with Crippen LogP contribution in [0.25, 0.3) is 0 Å². The molecule has 112 valence electrons. The first-order valence-corrected chi connectivity index (χ1v) is 8.62. The average Bonchev–Trinajstić information content (AvgIpc) is 2.43. The Morgan fingerprint density at radius 1 is 1.20 bits per heavy atom. The Kier molecular flexibility index (Phi) is 6.67. The van der Waals surface area contributed by atoms with Crippen molar-refractivity contribution in [2.45, 2.75) is 57.9 Å². The predicted molar refractivity (Wildman–Crippen MR) is 88.8 cm³/mol. The molecule has 2 rings (SSSR count). The van der Waals surface area contributed by atoms with Gasteiger partial charge in [-0.05, 0) is 43.0 Å². The molecule has 1 aliphatic rings. The van der Waals surface area contributed by atoms with Crippen molar-refractivity contribution in [3.05, 3.63) is 33.8 Å². The van der Waals surface area contributed by atoms with Crippen molar-refractivity contribution in [1.82, 2.24) is 5.32 Å². The zero-order valence-electron chi connectivity index (χ0n) is 12.3. The largest absolute Gasteiger partial charge is 0.314 e. The Labute approximate surface area is 133 Å². The lowest BCUT2D eigenvalue weighted by atomic mass is 9.83. The van der Waals surface area contributed by atoms with Crippen LogP contribution in [0.5, 0.6) is 0 Å². The monoisotopic (exact) mass is 313 g/mol. The second-order valence-corrected chi connectivity index (χ2v) is 6.78. The van der Waals surface area contributed by atoms with Gasteiger partial charge >= 0.3 is 0 Å². The summed E-state index contributed by atoms with van der Waals surface area (Å²) in [6.07, 6.45) is 9.31. The summed E-state index contributed by atoms with van der Waals surface area (Å²) in [7, 11) is 0. The van der Waals surface area contributed by atoms with Gasteiger partial charge in [0.05, 0.1) is 0 Å². The zero-order chi connectivity index (χ0) is 14.4. The van der Waals surface area contributed by atoms with Crippen LogP contribution < -0.4 is 5.32 Å². The molecule has 0 heterocycles. The number of halogens is 2. The molecule has 0 aromatic heterocycles. The Balaban J connectivity index is 1.96. The maximum Gasteiger partial charge on any atom is 0.0453 e.